The minimum atomic E-state index is -3.69. The first-order valence-electron chi connectivity index (χ1n) is 10.9. The smallest absolute Gasteiger partial charge is 0.224 e. The van der Waals surface area contributed by atoms with E-state index >= 15 is 4.39 Å². The molecule has 1 atom stereocenters. The monoisotopic (exact) mass is 547 g/mol. The van der Waals surface area contributed by atoms with Gasteiger partial charge in [-0.05, 0) is 46.8 Å². The first-order chi connectivity index (χ1) is 16.3. The number of nitrogens with zero attached hydrogens (tertiary/aromatic N) is 3. The SMILES string of the molecule is COc1ncc(S(C)(=O)=O)c2c1c1ncc(Br)cc1n2[C@H](c1ccccc1F)C1CCOCC1. The van der Waals surface area contributed by atoms with E-state index in [0.29, 0.717) is 53.6 Å². The van der Waals surface area contributed by atoms with Gasteiger partial charge in [-0.3, -0.25) is 4.98 Å². The highest BCUT2D eigenvalue weighted by atomic mass is 79.9. The van der Waals surface area contributed by atoms with E-state index in [1.165, 1.54) is 19.4 Å². The van der Waals surface area contributed by atoms with Crippen LogP contribution in [0.15, 0.2) is 52.1 Å². The van der Waals surface area contributed by atoms with Crippen LogP contribution in [0.4, 0.5) is 4.39 Å². The molecule has 5 rings (SSSR count). The summed E-state index contributed by atoms with van der Waals surface area (Å²) in [6.07, 6.45) is 5.51. The van der Waals surface area contributed by atoms with Gasteiger partial charge in [0.1, 0.15) is 16.2 Å². The number of sulfone groups is 1. The van der Waals surface area contributed by atoms with Gasteiger partial charge >= 0.3 is 0 Å². The van der Waals surface area contributed by atoms with Gasteiger partial charge < -0.3 is 14.0 Å². The molecule has 0 spiro atoms. The van der Waals surface area contributed by atoms with Crippen molar-refractivity contribution in [3.05, 3.63) is 58.6 Å². The molecule has 1 aliphatic rings. The number of pyridine rings is 2. The Balaban J connectivity index is 1.99. The first-order valence-corrected chi connectivity index (χ1v) is 13.5. The lowest BCUT2D eigenvalue weighted by Gasteiger charge is -2.33. The number of hydrogen-bond acceptors (Lipinski definition) is 6. The summed E-state index contributed by atoms with van der Waals surface area (Å²) < 4.78 is 54.9. The normalized spacial score (nSPS) is 16.2. The van der Waals surface area contributed by atoms with Crippen molar-refractivity contribution in [2.75, 3.05) is 26.6 Å². The van der Waals surface area contributed by atoms with Crippen molar-refractivity contribution in [2.24, 2.45) is 5.92 Å². The second kappa shape index (κ2) is 8.90. The Labute approximate surface area is 205 Å². The minimum Gasteiger partial charge on any atom is -0.480 e. The van der Waals surface area contributed by atoms with Gasteiger partial charge in [0.25, 0.3) is 0 Å². The lowest BCUT2D eigenvalue weighted by Crippen LogP contribution is -2.28. The van der Waals surface area contributed by atoms with Crippen molar-refractivity contribution in [1.82, 2.24) is 14.5 Å². The van der Waals surface area contributed by atoms with Crippen LogP contribution in [-0.2, 0) is 14.6 Å². The molecule has 0 bridgehead atoms. The maximum atomic E-state index is 15.3. The van der Waals surface area contributed by atoms with Gasteiger partial charge in [0.15, 0.2) is 9.84 Å². The van der Waals surface area contributed by atoms with E-state index in [-0.39, 0.29) is 22.5 Å². The van der Waals surface area contributed by atoms with Crippen molar-refractivity contribution < 1.29 is 22.3 Å². The molecule has 0 unspecified atom stereocenters. The number of rotatable bonds is 5. The number of ether oxygens (including phenoxy) is 2. The van der Waals surface area contributed by atoms with E-state index in [1.54, 1.807) is 24.4 Å². The van der Waals surface area contributed by atoms with E-state index in [4.69, 9.17) is 9.47 Å². The first kappa shape index (κ1) is 23.2. The zero-order chi connectivity index (χ0) is 24.0. The number of aromatic nitrogens is 3. The van der Waals surface area contributed by atoms with E-state index in [9.17, 15) is 8.42 Å². The zero-order valence-corrected chi connectivity index (χ0v) is 21.1. The Hall–Kier alpha value is -2.56. The summed E-state index contributed by atoms with van der Waals surface area (Å²) in [6.45, 7) is 1.11. The van der Waals surface area contributed by atoms with Crippen molar-refractivity contribution in [1.29, 1.82) is 0 Å². The predicted molar refractivity (Wildman–Crippen MR) is 130 cm³/mol. The van der Waals surface area contributed by atoms with Gasteiger partial charge in [0.2, 0.25) is 5.88 Å². The van der Waals surface area contributed by atoms with Crippen LogP contribution in [0.1, 0.15) is 24.4 Å². The summed E-state index contributed by atoms with van der Waals surface area (Å²) in [5, 5.41) is 0.487. The molecular formula is C24H23BrFN3O4S. The quantitative estimate of drug-likeness (QED) is 0.353. The molecule has 0 radical (unpaired) electrons. The molecule has 0 aliphatic carbocycles. The van der Waals surface area contributed by atoms with Gasteiger partial charge in [-0.25, -0.2) is 17.8 Å². The van der Waals surface area contributed by atoms with Crippen LogP contribution >= 0.6 is 15.9 Å². The molecule has 10 heteroatoms. The van der Waals surface area contributed by atoms with Gasteiger partial charge in [0.05, 0.1) is 35.8 Å². The molecule has 1 aliphatic heterocycles. The van der Waals surface area contributed by atoms with Crippen LogP contribution in [0.5, 0.6) is 5.88 Å². The van der Waals surface area contributed by atoms with E-state index in [1.807, 2.05) is 10.6 Å². The van der Waals surface area contributed by atoms with E-state index in [2.05, 4.69) is 25.9 Å². The third kappa shape index (κ3) is 3.87. The Bertz CT molecular complexity index is 1500. The Morgan fingerprint density at radius 3 is 2.62 bits per heavy atom. The molecule has 4 heterocycles. The number of fused-ring (bicyclic) bond motifs is 3. The molecule has 4 aromatic rings. The molecule has 1 saturated heterocycles. The minimum absolute atomic E-state index is 0.00926. The Kier molecular flexibility index (Phi) is 6.07. The summed E-state index contributed by atoms with van der Waals surface area (Å²) in [7, 11) is -2.21. The molecule has 0 N–H and O–H groups in total. The average molecular weight is 548 g/mol. The second-order valence-corrected chi connectivity index (χ2v) is 11.3. The third-order valence-electron chi connectivity index (χ3n) is 6.36. The largest absolute Gasteiger partial charge is 0.480 e. The molecule has 178 valence electrons. The number of benzene rings is 1. The van der Waals surface area contributed by atoms with Crippen molar-refractivity contribution in [2.45, 2.75) is 23.8 Å². The lowest BCUT2D eigenvalue weighted by atomic mass is 9.86. The maximum Gasteiger partial charge on any atom is 0.224 e. The Morgan fingerprint density at radius 2 is 1.94 bits per heavy atom. The highest BCUT2D eigenvalue weighted by molar-refractivity contribution is 9.10. The highest BCUT2D eigenvalue weighted by Gasteiger charge is 2.34. The molecule has 1 aromatic carbocycles. The molecule has 34 heavy (non-hydrogen) atoms. The summed E-state index contributed by atoms with van der Waals surface area (Å²) in [5.74, 6) is -0.0749. The average Bonchev–Trinajstić information content (AvgIpc) is 3.14. The standard InChI is InChI=1S/C24H23BrFN3O4S/c1-32-24-20-21-18(11-15(25)12-27-21)29(23(20)19(13-28-24)34(2,30)31)22(14-7-9-33-10-8-14)16-5-3-4-6-17(16)26/h3-6,11-14,22H,7-10H2,1-2H3/t22-/m0/s1. The van der Waals surface area contributed by atoms with Crippen molar-refractivity contribution in [3.8, 4) is 5.88 Å². The van der Waals surface area contributed by atoms with Crippen LogP contribution < -0.4 is 4.74 Å². The van der Waals surface area contributed by atoms with Gasteiger partial charge in [-0.2, -0.15) is 0 Å². The number of hydrogen-bond donors (Lipinski definition) is 0. The van der Waals surface area contributed by atoms with Crippen LogP contribution in [-0.4, -0.2) is 49.5 Å². The van der Waals surface area contributed by atoms with Crippen LogP contribution in [0.2, 0.25) is 0 Å². The number of methoxy groups -OCH3 is 1. The van der Waals surface area contributed by atoms with Crippen LogP contribution in [0.25, 0.3) is 21.9 Å². The maximum absolute atomic E-state index is 15.3. The number of halogens is 2. The fourth-order valence-electron chi connectivity index (χ4n) is 4.91. The van der Waals surface area contributed by atoms with Gasteiger partial charge in [0, 0.05) is 35.7 Å². The molecule has 0 amide bonds. The molecular weight excluding hydrogens is 525 g/mol. The summed E-state index contributed by atoms with van der Waals surface area (Å²) in [4.78, 5) is 8.93. The molecule has 7 nitrogen and oxygen atoms in total. The van der Waals surface area contributed by atoms with Gasteiger partial charge in [-0.1, -0.05) is 18.2 Å². The van der Waals surface area contributed by atoms with Crippen molar-refractivity contribution >= 4 is 47.7 Å². The highest BCUT2D eigenvalue weighted by Crippen LogP contribution is 2.44. The molecule has 3 aromatic heterocycles. The summed E-state index contributed by atoms with van der Waals surface area (Å²) in [6, 6.07) is 8.03. The molecule has 1 fully saturated rings. The predicted octanol–water partition coefficient (Wildman–Crippen LogP) is 4.91. The van der Waals surface area contributed by atoms with Crippen molar-refractivity contribution in [3.63, 3.8) is 0 Å². The summed E-state index contributed by atoms with van der Waals surface area (Å²) >= 11 is 3.50. The topological polar surface area (TPSA) is 83.3 Å². The third-order valence-corrected chi connectivity index (χ3v) is 7.89. The van der Waals surface area contributed by atoms with E-state index in [0.717, 1.165) is 10.7 Å². The van der Waals surface area contributed by atoms with Gasteiger partial charge in [-0.15, -0.1) is 0 Å². The fraction of sp³-hybridized carbons (Fsp3) is 0.333. The summed E-state index contributed by atoms with van der Waals surface area (Å²) in [5.41, 5.74) is 2.11. The fourth-order valence-corrected chi connectivity index (χ4v) is 6.03. The molecule has 0 saturated carbocycles. The van der Waals surface area contributed by atoms with Crippen LogP contribution in [0.3, 0.4) is 0 Å². The Morgan fingerprint density at radius 1 is 1.21 bits per heavy atom. The van der Waals surface area contributed by atoms with Crippen LogP contribution in [0, 0.1) is 11.7 Å². The lowest BCUT2D eigenvalue weighted by molar-refractivity contribution is 0.0548. The zero-order valence-electron chi connectivity index (χ0n) is 18.7. The second-order valence-electron chi connectivity index (χ2n) is 8.43. The van der Waals surface area contributed by atoms with E-state index < -0.39 is 15.9 Å².